The van der Waals surface area contributed by atoms with Gasteiger partial charge in [-0.3, -0.25) is 9.59 Å². The van der Waals surface area contributed by atoms with Crippen molar-refractivity contribution in [3.63, 3.8) is 0 Å². The van der Waals surface area contributed by atoms with Gasteiger partial charge in [-0.2, -0.15) is 9.97 Å². The quantitative estimate of drug-likeness (QED) is 0.0778. The number of aromatic nitrogens is 4. The topological polar surface area (TPSA) is 164 Å². The van der Waals surface area contributed by atoms with Crippen LogP contribution in [0.2, 0.25) is 0 Å². The number of amides is 2. The molecule has 1 aromatic carbocycles. The van der Waals surface area contributed by atoms with Crippen LogP contribution in [0.5, 0.6) is 0 Å². The first kappa shape index (κ1) is 37.9. The molecule has 0 unspecified atom stereocenters. The number of anilines is 4. The Morgan fingerprint density at radius 1 is 0.542 bits per heavy atom. The van der Waals surface area contributed by atoms with Gasteiger partial charge in [0.2, 0.25) is 11.9 Å². The van der Waals surface area contributed by atoms with Crippen LogP contribution in [0.3, 0.4) is 0 Å². The third-order valence-corrected chi connectivity index (χ3v) is 7.82. The molecule has 2 heterocycles. The molecule has 0 aliphatic rings. The lowest BCUT2D eigenvalue weighted by Crippen LogP contribution is -2.28. The summed E-state index contributed by atoms with van der Waals surface area (Å²) in [6, 6.07) is 10.4. The predicted octanol–water partition coefficient (Wildman–Crippen LogP) is 3.24. The first-order valence-electron chi connectivity index (χ1n) is 17.2. The van der Waals surface area contributed by atoms with Gasteiger partial charge in [-0.05, 0) is 75.4 Å². The van der Waals surface area contributed by atoms with E-state index in [1.165, 1.54) is 0 Å². The number of carbonyl (C=O) groups excluding carboxylic acids is 2. The Bertz CT molecular complexity index is 1250. The van der Waals surface area contributed by atoms with Crippen LogP contribution in [0.1, 0.15) is 61.3 Å². The maximum atomic E-state index is 12.6. The zero-order valence-corrected chi connectivity index (χ0v) is 29.0. The molecule has 0 aliphatic heterocycles. The van der Waals surface area contributed by atoms with Crippen LogP contribution >= 0.6 is 0 Å². The second kappa shape index (κ2) is 22.1. The average molecular weight is 663 g/mol. The summed E-state index contributed by atoms with van der Waals surface area (Å²) in [5.74, 6) is 2.29. The highest BCUT2D eigenvalue weighted by molar-refractivity contribution is 5.97. The monoisotopic (exact) mass is 662 g/mol. The summed E-state index contributed by atoms with van der Waals surface area (Å²) < 4.78 is 0. The fraction of sp³-hybridized carbons (Fsp3) is 0.529. The molecule has 0 saturated heterocycles. The summed E-state index contributed by atoms with van der Waals surface area (Å²) in [4.78, 5) is 47.4. The average Bonchev–Trinajstić information content (AvgIpc) is 3.12. The molecule has 262 valence electrons. The van der Waals surface area contributed by atoms with Crippen molar-refractivity contribution in [3.05, 3.63) is 59.9 Å². The normalized spacial score (nSPS) is 11.0. The van der Waals surface area contributed by atoms with Gasteiger partial charge in [-0.25, -0.2) is 9.97 Å². The van der Waals surface area contributed by atoms with Gasteiger partial charge in [0.25, 0.3) is 11.8 Å². The smallest absolute Gasteiger partial charge is 0.251 e. The highest BCUT2D eigenvalue weighted by Crippen LogP contribution is 2.08. The molecule has 6 N–H and O–H groups in total. The summed E-state index contributed by atoms with van der Waals surface area (Å²) in [5, 5.41) is 18.9. The molecule has 0 atom stereocenters. The second-order valence-corrected chi connectivity index (χ2v) is 11.1. The van der Waals surface area contributed by atoms with Gasteiger partial charge in [-0.1, -0.05) is 27.7 Å². The Labute approximate surface area is 285 Å². The maximum absolute atomic E-state index is 12.6. The zero-order valence-electron chi connectivity index (χ0n) is 29.0. The molecule has 0 spiro atoms. The van der Waals surface area contributed by atoms with E-state index in [1.54, 1.807) is 36.7 Å². The molecule has 48 heavy (non-hydrogen) atoms. The minimum Gasteiger partial charge on any atom is -0.369 e. The maximum Gasteiger partial charge on any atom is 0.251 e. The van der Waals surface area contributed by atoms with Crippen LogP contribution in [-0.4, -0.2) is 120 Å². The highest BCUT2D eigenvalue weighted by Gasteiger charge is 2.09. The lowest BCUT2D eigenvalue weighted by atomic mass is 10.1. The van der Waals surface area contributed by atoms with Crippen LogP contribution in [0.15, 0.2) is 48.8 Å². The largest absolute Gasteiger partial charge is 0.369 e. The first-order chi connectivity index (χ1) is 23.4. The highest BCUT2D eigenvalue weighted by atomic mass is 16.2. The molecule has 2 amide bonds. The fourth-order valence-corrected chi connectivity index (χ4v) is 4.81. The zero-order chi connectivity index (χ0) is 34.4. The molecule has 14 nitrogen and oxygen atoms in total. The van der Waals surface area contributed by atoms with Crippen LogP contribution in [0, 0.1) is 0 Å². The first-order valence-corrected chi connectivity index (χ1v) is 17.2. The van der Waals surface area contributed by atoms with E-state index in [1.807, 2.05) is 12.1 Å². The number of rotatable bonds is 24. The summed E-state index contributed by atoms with van der Waals surface area (Å²) in [6.07, 6.45) is 4.86. The van der Waals surface area contributed by atoms with E-state index in [4.69, 9.17) is 0 Å². The minimum atomic E-state index is -0.186. The Hall–Kier alpha value is -4.56. The molecule has 0 radical (unpaired) electrons. The number of hydrogen-bond donors (Lipinski definition) is 6. The van der Waals surface area contributed by atoms with Crippen molar-refractivity contribution in [1.82, 2.24) is 40.4 Å². The molecule has 3 aromatic rings. The number of nitrogens with one attached hydrogen (secondary N) is 6. The molecule has 2 aromatic heterocycles. The van der Waals surface area contributed by atoms with E-state index >= 15 is 0 Å². The molecule has 3 rings (SSSR count). The van der Waals surface area contributed by atoms with E-state index < -0.39 is 0 Å². The van der Waals surface area contributed by atoms with Crippen molar-refractivity contribution >= 4 is 35.3 Å². The standard InChI is InChI=1S/C34H54N12O2/c1-5-45(6-2)25-23-35-29-15-21-41-33(43-29)39-19-9-17-37-31(47)27-11-13-28(14-12-27)32(48)38-18-10-20-40-34-42-22-16-30(44-34)36-24-26-46(7-3)8-4/h11-16,21-22H,5-10,17-20,23-26H2,1-4H3,(H,37,47)(H,38,48)(H2,35,39,41,43)(H2,36,40,42,44). The van der Waals surface area contributed by atoms with Crippen molar-refractivity contribution in [3.8, 4) is 0 Å². The van der Waals surface area contributed by atoms with Crippen molar-refractivity contribution < 1.29 is 9.59 Å². The molecule has 0 fully saturated rings. The van der Waals surface area contributed by atoms with Gasteiger partial charge < -0.3 is 41.7 Å². The number of likely N-dealkylation sites (N-methyl/N-ethyl adjacent to an activating group) is 2. The second-order valence-electron chi connectivity index (χ2n) is 11.1. The van der Waals surface area contributed by atoms with Gasteiger partial charge >= 0.3 is 0 Å². The number of nitrogens with zero attached hydrogens (tertiary/aromatic N) is 6. The van der Waals surface area contributed by atoms with Crippen molar-refractivity contribution in [2.75, 3.05) is 99.8 Å². The third kappa shape index (κ3) is 14.1. The van der Waals surface area contributed by atoms with E-state index in [0.29, 0.717) is 62.0 Å². The minimum absolute atomic E-state index is 0.186. The van der Waals surface area contributed by atoms with Gasteiger partial charge in [0.15, 0.2) is 0 Å². The van der Waals surface area contributed by atoms with Gasteiger partial charge in [0.05, 0.1) is 0 Å². The number of carbonyl (C=O) groups is 2. The molecular weight excluding hydrogens is 608 g/mol. The van der Waals surface area contributed by atoms with E-state index in [2.05, 4.69) is 89.3 Å². The Morgan fingerprint density at radius 3 is 1.31 bits per heavy atom. The van der Waals surface area contributed by atoms with E-state index in [9.17, 15) is 9.59 Å². The lowest BCUT2D eigenvalue weighted by Gasteiger charge is -2.18. The summed E-state index contributed by atoms with van der Waals surface area (Å²) in [7, 11) is 0. The summed E-state index contributed by atoms with van der Waals surface area (Å²) >= 11 is 0. The predicted molar refractivity (Wildman–Crippen MR) is 194 cm³/mol. The molecule has 0 saturated carbocycles. The van der Waals surface area contributed by atoms with E-state index in [0.717, 1.165) is 64.0 Å². The molecule has 0 bridgehead atoms. The Balaban J connectivity index is 1.28. The molecule has 14 heteroatoms. The molecule has 0 aliphatic carbocycles. The van der Waals surface area contributed by atoms with Crippen LogP contribution in [0.4, 0.5) is 23.5 Å². The van der Waals surface area contributed by atoms with Crippen molar-refractivity contribution in [2.24, 2.45) is 0 Å². The molecular formula is C34H54N12O2. The third-order valence-electron chi connectivity index (χ3n) is 7.82. The van der Waals surface area contributed by atoms with Crippen molar-refractivity contribution in [2.45, 2.75) is 40.5 Å². The van der Waals surface area contributed by atoms with Crippen LogP contribution in [-0.2, 0) is 0 Å². The number of benzene rings is 1. The van der Waals surface area contributed by atoms with Gasteiger partial charge in [0.1, 0.15) is 11.6 Å². The Morgan fingerprint density at radius 2 is 0.938 bits per heavy atom. The Kier molecular flexibility index (Phi) is 17.4. The summed E-state index contributed by atoms with van der Waals surface area (Å²) in [6.45, 7) is 18.5. The van der Waals surface area contributed by atoms with Crippen LogP contribution < -0.4 is 31.9 Å². The lowest BCUT2D eigenvalue weighted by molar-refractivity contribution is 0.0941. The van der Waals surface area contributed by atoms with E-state index in [-0.39, 0.29) is 11.8 Å². The number of hydrogen-bond acceptors (Lipinski definition) is 12. The SMILES string of the molecule is CCN(CC)CCNc1ccnc(NCCCNC(=O)c2ccc(C(=O)NCCCNc3nccc(NCCN(CC)CC)n3)cc2)n1. The van der Waals surface area contributed by atoms with Gasteiger partial charge in [0, 0.05) is 75.9 Å². The summed E-state index contributed by atoms with van der Waals surface area (Å²) in [5.41, 5.74) is 1.00. The van der Waals surface area contributed by atoms with Crippen LogP contribution in [0.25, 0.3) is 0 Å². The fourth-order valence-electron chi connectivity index (χ4n) is 4.81. The van der Waals surface area contributed by atoms with Crippen molar-refractivity contribution in [1.29, 1.82) is 0 Å². The van der Waals surface area contributed by atoms with Gasteiger partial charge in [-0.15, -0.1) is 0 Å².